The highest BCUT2D eigenvalue weighted by atomic mass is 32.2. The zero-order valence-corrected chi connectivity index (χ0v) is 13.9. The van der Waals surface area contributed by atoms with Gasteiger partial charge in [0, 0.05) is 24.9 Å². The lowest BCUT2D eigenvalue weighted by Crippen LogP contribution is -2.30. The maximum absolute atomic E-state index is 11.8. The first-order valence-electron chi connectivity index (χ1n) is 7.52. The minimum Gasteiger partial charge on any atom is -0.378 e. The molecule has 2 aromatic rings. The minimum atomic E-state index is -0.429. The van der Waals surface area contributed by atoms with Gasteiger partial charge in [0.15, 0.2) is 0 Å². The molecule has 1 amide bonds. The fraction of sp³-hybridized carbons (Fsp3) is 0.235. The highest BCUT2D eigenvalue weighted by Gasteiger charge is 2.11. The van der Waals surface area contributed by atoms with E-state index in [4.69, 9.17) is 0 Å². The number of amides is 1. The largest absolute Gasteiger partial charge is 0.378 e. The lowest BCUT2D eigenvalue weighted by Gasteiger charge is -2.08. The van der Waals surface area contributed by atoms with Gasteiger partial charge >= 0.3 is 0 Å². The second-order valence-corrected chi connectivity index (χ2v) is 6.01. The summed E-state index contributed by atoms with van der Waals surface area (Å²) in [4.78, 5) is 22.2. The Morgan fingerprint density at radius 1 is 1.04 bits per heavy atom. The van der Waals surface area contributed by atoms with Gasteiger partial charge in [-0.2, -0.15) is 0 Å². The zero-order chi connectivity index (χ0) is 17.2. The van der Waals surface area contributed by atoms with Crippen molar-refractivity contribution in [3.8, 4) is 0 Å². The van der Waals surface area contributed by atoms with Crippen molar-refractivity contribution >= 4 is 29.0 Å². The Bertz CT molecular complexity index is 680. The smallest absolute Gasteiger partial charge is 0.292 e. The van der Waals surface area contributed by atoms with E-state index in [1.54, 1.807) is 30.0 Å². The number of rotatable bonds is 9. The van der Waals surface area contributed by atoms with E-state index < -0.39 is 4.92 Å². The SMILES string of the molecule is O=C(CSCc1ccccc1)NCCNc1ccccc1[N+](=O)[O-]. The van der Waals surface area contributed by atoms with Crippen LogP contribution in [0, 0.1) is 10.1 Å². The first kappa shape index (κ1) is 17.8. The van der Waals surface area contributed by atoms with Crippen LogP contribution in [0.4, 0.5) is 11.4 Å². The van der Waals surface area contributed by atoms with Gasteiger partial charge in [0.2, 0.25) is 5.91 Å². The topological polar surface area (TPSA) is 84.3 Å². The van der Waals surface area contributed by atoms with E-state index in [1.165, 1.54) is 11.6 Å². The molecule has 0 aromatic heterocycles. The molecule has 2 aromatic carbocycles. The number of carbonyl (C=O) groups excluding carboxylic acids is 1. The summed E-state index contributed by atoms with van der Waals surface area (Å²) in [5.74, 6) is 1.14. The summed E-state index contributed by atoms with van der Waals surface area (Å²) in [6.07, 6.45) is 0. The van der Waals surface area contributed by atoms with Crippen LogP contribution in [0.25, 0.3) is 0 Å². The van der Waals surface area contributed by atoms with E-state index in [0.29, 0.717) is 24.5 Å². The molecular weight excluding hydrogens is 326 g/mol. The molecule has 126 valence electrons. The molecule has 0 heterocycles. The molecule has 6 nitrogen and oxygen atoms in total. The van der Waals surface area contributed by atoms with E-state index in [2.05, 4.69) is 10.6 Å². The number of hydrogen-bond acceptors (Lipinski definition) is 5. The molecule has 0 aliphatic heterocycles. The fourth-order valence-corrected chi connectivity index (χ4v) is 2.89. The Kier molecular flexibility index (Phi) is 7.10. The van der Waals surface area contributed by atoms with Gasteiger partial charge in [-0.15, -0.1) is 11.8 Å². The van der Waals surface area contributed by atoms with Crippen molar-refractivity contribution in [1.29, 1.82) is 0 Å². The van der Waals surface area contributed by atoms with Crippen LogP contribution in [-0.2, 0) is 10.5 Å². The summed E-state index contributed by atoms with van der Waals surface area (Å²) in [7, 11) is 0. The molecule has 0 saturated heterocycles. The number of anilines is 1. The number of nitrogens with one attached hydrogen (secondary N) is 2. The van der Waals surface area contributed by atoms with E-state index in [0.717, 1.165) is 5.75 Å². The summed E-state index contributed by atoms with van der Waals surface area (Å²) in [5.41, 5.74) is 1.67. The van der Waals surface area contributed by atoms with E-state index in [-0.39, 0.29) is 11.6 Å². The number of thioether (sulfide) groups is 1. The van der Waals surface area contributed by atoms with Gasteiger partial charge in [-0.3, -0.25) is 14.9 Å². The molecule has 0 saturated carbocycles. The van der Waals surface area contributed by atoms with E-state index in [9.17, 15) is 14.9 Å². The predicted octanol–water partition coefficient (Wildman–Crippen LogP) is 3.06. The number of benzene rings is 2. The number of nitro groups is 1. The van der Waals surface area contributed by atoms with Gasteiger partial charge in [-0.1, -0.05) is 42.5 Å². The number of nitrogens with zero attached hydrogens (tertiary/aromatic N) is 1. The molecule has 0 spiro atoms. The van der Waals surface area contributed by atoms with E-state index in [1.807, 2.05) is 30.3 Å². The van der Waals surface area contributed by atoms with Crippen LogP contribution < -0.4 is 10.6 Å². The van der Waals surface area contributed by atoms with Crippen LogP contribution in [-0.4, -0.2) is 29.7 Å². The van der Waals surface area contributed by atoms with Gasteiger partial charge in [-0.25, -0.2) is 0 Å². The molecular formula is C17H19N3O3S. The molecule has 0 aliphatic carbocycles. The van der Waals surface area contributed by atoms with Gasteiger partial charge in [0.1, 0.15) is 5.69 Å². The van der Waals surface area contributed by atoms with Crippen molar-refractivity contribution in [3.05, 3.63) is 70.3 Å². The van der Waals surface area contributed by atoms with Crippen molar-refractivity contribution in [2.45, 2.75) is 5.75 Å². The van der Waals surface area contributed by atoms with Crippen molar-refractivity contribution in [2.24, 2.45) is 0 Å². The Hall–Kier alpha value is -2.54. The molecule has 0 bridgehead atoms. The Morgan fingerprint density at radius 2 is 1.75 bits per heavy atom. The molecule has 0 unspecified atom stereocenters. The number of carbonyl (C=O) groups is 1. The lowest BCUT2D eigenvalue weighted by molar-refractivity contribution is -0.384. The van der Waals surface area contributed by atoms with Crippen LogP contribution in [0.15, 0.2) is 54.6 Å². The molecule has 24 heavy (non-hydrogen) atoms. The third-order valence-electron chi connectivity index (χ3n) is 3.21. The molecule has 0 atom stereocenters. The second-order valence-electron chi connectivity index (χ2n) is 5.03. The molecule has 0 aliphatic rings. The first-order valence-corrected chi connectivity index (χ1v) is 8.68. The average Bonchev–Trinajstić information content (AvgIpc) is 2.60. The highest BCUT2D eigenvalue weighted by molar-refractivity contribution is 7.99. The second kappa shape index (κ2) is 9.57. The maximum Gasteiger partial charge on any atom is 0.292 e. The van der Waals surface area contributed by atoms with Crippen molar-refractivity contribution < 1.29 is 9.72 Å². The van der Waals surface area contributed by atoms with Gasteiger partial charge in [-0.05, 0) is 11.6 Å². The third kappa shape index (κ3) is 5.92. The molecule has 2 rings (SSSR count). The third-order valence-corrected chi connectivity index (χ3v) is 4.21. The molecule has 2 N–H and O–H groups in total. The quantitative estimate of drug-likeness (QED) is 0.414. The maximum atomic E-state index is 11.8. The Morgan fingerprint density at radius 3 is 2.50 bits per heavy atom. The van der Waals surface area contributed by atoms with Crippen LogP contribution in [0.5, 0.6) is 0 Å². The first-order chi connectivity index (χ1) is 11.7. The highest BCUT2D eigenvalue weighted by Crippen LogP contribution is 2.22. The molecule has 0 radical (unpaired) electrons. The summed E-state index contributed by atoms with van der Waals surface area (Å²) >= 11 is 1.55. The monoisotopic (exact) mass is 345 g/mol. The van der Waals surface area contributed by atoms with Crippen LogP contribution in [0.1, 0.15) is 5.56 Å². The van der Waals surface area contributed by atoms with Crippen molar-refractivity contribution in [1.82, 2.24) is 5.32 Å². The van der Waals surface area contributed by atoms with Crippen LogP contribution in [0.2, 0.25) is 0 Å². The number of nitro benzene ring substituents is 1. The molecule has 0 fully saturated rings. The van der Waals surface area contributed by atoms with Gasteiger partial charge in [0.05, 0.1) is 10.7 Å². The summed E-state index contributed by atoms with van der Waals surface area (Å²) in [5, 5.41) is 16.7. The fourth-order valence-electron chi connectivity index (χ4n) is 2.07. The minimum absolute atomic E-state index is 0.0299. The standard InChI is InChI=1S/C17H19N3O3S/c21-17(13-24-12-14-6-2-1-3-7-14)19-11-10-18-15-8-4-5-9-16(15)20(22)23/h1-9,18H,10-13H2,(H,19,21). The lowest BCUT2D eigenvalue weighted by atomic mass is 10.2. The van der Waals surface area contributed by atoms with Gasteiger partial charge in [0.25, 0.3) is 5.69 Å². The average molecular weight is 345 g/mol. The van der Waals surface area contributed by atoms with Crippen LogP contribution >= 0.6 is 11.8 Å². The number of para-hydroxylation sites is 2. The summed E-state index contributed by atoms with van der Waals surface area (Å²) < 4.78 is 0. The summed E-state index contributed by atoms with van der Waals surface area (Å²) in [6.45, 7) is 0.844. The van der Waals surface area contributed by atoms with Crippen molar-refractivity contribution in [3.63, 3.8) is 0 Å². The van der Waals surface area contributed by atoms with Gasteiger partial charge < -0.3 is 10.6 Å². The van der Waals surface area contributed by atoms with E-state index >= 15 is 0 Å². The Labute approximate surface area is 144 Å². The van der Waals surface area contributed by atoms with Crippen LogP contribution in [0.3, 0.4) is 0 Å². The molecule has 7 heteroatoms. The number of hydrogen-bond donors (Lipinski definition) is 2. The summed E-state index contributed by atoms with van der Waals surface area (Å²) in [6, 6.07) is 16.4. The normalized spacial score (nSPS) is 10.2. The predicted molar refractivity (Wildman–Crippen MR) is 97.2 cm³/mol. The van der Waals surface area contributed by atoms with Crippen molar-refractivity contribution in [2.75, 3.05) is 24.2 Å². The zero-order valence-electron chi connectivity index (χ0n) is 13.1. The Balaban J connectivity index is 1.64.